The lowest BCUT2D eigenvalue weighted by Crippen LogP contribution is -2.46. The van der Waals surface area contributed by atoms with Gasteiger partial charge in [-0.2, -0.15) is 4.98 Å². The summed E-state index contributed by atoms with van der Waals surface area (Å²) < 4.78 is 19.2. The Morgan fingerprint density at radius 3 is 2.55 bits per heavy atom. The summed E-state index contributed by atoms with van der Waals surface area (Å²) in [5, 5.41) is 3.93. The number of anilines is 1. The lowest BCUT2D eigenvalue weighted by molar-refractivity contribution is 0.215. The Morgan fingerprint density at radius 1 is 1.07 bits per heavy atom. The van der Waals surface area contributed by atoms with Crippen molar-refractivity contribution in [3.8, 4) is 11.4 Å². The third-order valence-electron chi connectivity index (χ3n) is 5.01. The van der Waals surface area contributed by atoms with Gasteiger partial charge in [0.1, 0.15) is 17.5 Å². The molecule has 0 amide bonds. The Bertz CT molecular complexity index is 981. The standard InChI is InChI=1S/C21H25FN6O/c1-14(2)20-23-15(3)12-18(24-20)28-10-8-27(9-11-28)13-19-25-21(26-29-19)16-6-4-5-7-17(16)22/h4-7,12,14H,8-11,13H2,1-3H3. The van der Waals surface area contributed by atoms with Crippen molar-refractivity contribution in [2.24, 2.45) is 0 Å². The Morgan fingerprint density at radius 2 is 1.83 bits per heavy atom. The average molecular weight is 396 g/mol. The van der Waals surface area contributed by atoms with Gasteiger partial charge in [-0.05, 0) is 19.1 Å². The third-order valence-corrected chi connectivity index (χ3v) is 5.01. The van der Waals surface area contributed by atoms with Gasteiger partial charge in [0, 0.05) is 43.9 Å². The van der Waals surface area contributed by atoms with Crippen molar-refractivity contribution in [3.63, 3.8) is 0 Å². The molecule has 7 nitrogen and oxygen atoms in total. The van der Waals surface area contributed by atoms with Crippen LogP contribution in [0.5, 0.6) is 0 Å². The number of rotatable bonds is 5. The largest absolute Gasteiger partial charge is 0.354 e. The van der Waals surface area contributed by atoms with Gasteiger partial charge in [0.2, 0.25) is 11.7 Å². The molecule has 3 aromatic rings. The van der Waals surface area contributed by atoms with Crippen LogP contribution in [-0.2, 0) is 6.54 Å². The monoisotopic (exact) mass is 396 g/mol. The first-order chi connectivity index (χ1) is 14.0. The number of hydrogen-bond donors (Lipinski definition) is 0. The van der Waals surface area contributed by atoms with Crippen LogP contribution in [0.3, 0.4) is 0 Å². The van der Waals surface area contributed by atoms with Gasteiger partial charge in [0.25, 0.3) is 0 Å². The number of hydrogen-bond acceptors (Lipinski definition) is 7. The molecule has 1 aliphatic heterocycles. The van der Waals surface area contributed by atoms with Gasteiger partial charge >= 0.3 is 0 Å². The van der Waals surface area contributed by atoms with E-state index in [-0.39, 0.29) is 11.6 Å². The van der Waals surface area contributed by atoms with Crippen molar-refractivity contribution in [3.05, 3.63) is 53.6 Å². The molecule has 0 radical (unpaired) electrons. The highest BCUT2D eigenvalue weighted by molar-refractivity contribution is 5.54. The van der Waals surface area contributed by atoms with Crippen molar-refractivity contribution >= 4 is 5.82 Å². The van der Waals surface area contributed by atoms with Gasteiger partial charge in [-0.1, -0.05) is 31.1 Å². The van der Waals surface area contributed by atoms with E-state index >= 15 is 0 Å². The van der Waals surface area contributed by atoms with Crippen LogP contribution in [0.15, 0.2) is 34.9 Å². The second kappa shape index (κ2) is 8.24. The maximum atomic E-state index is 13.9. The molecule has 8 heteroatoms. The van der Waals surface area contributed by atoms with Gasteiger partial charge in [-0.3, -0.25) is 4.90 Å². The lowest BCUT2D eigenvalue weighted by atomic mass is 10.2. The zero-order chi connectivity index (χ0) is 20.4. The van der Waals surface area contributed by atoms with Gasteiger partial charge in [0.15, 0.2) is 0 Å². The highest BCUT2D eigenvalue weighted by Crippen LogP contribution is 2.21. The van der Waals surface area contributed by atoms with E-state index in [0.717, 1.165) is 43.5 Å². The Hall–Kier alpha value is -2.87. The van der Waals surface area contributed by atoms with Crippen LogP contribution in [0.25, 0.3) is 11.4 Å². The summed E-state index contributed by atoms with van der Waals surface area (Å²) in [5.74, 6) is 2.60. The average Bonchev–Trinajstić information content (AvgIpc) is 3.16. The minimum Gasteiger partial charge on any atom is -0.354 e. The predicted octanol–water partition coefficient (Wildman–Crippen LogP) is 3.42. The van der Waals surface area contributed by atoms with Crippen molar-refractivity contribution in [1.82, 2.24) is 25.0 Å². The fraction of sp³-hybridized carbons (Fsp3) is 0.429. The molecule has 0 N–H and O–H groups in total. The maximum absolute atomic E-state index is 13.9. The molecule has 0 saturated carbocycles. The van der Waals surface area contributed by atoms with E-state index in [0.29, 0.717) is 23.9 Å². The number of nitrogens with zero attached hydrogens (tertiary/aromatic N) is 6. The van der Waals surface area contributed by atoms with Crippen LogP contribution in [0.4, 0.5) is 10.2 Å². The maximum Gasteiger partial charge on any atom is 0.241 e. The minimum atomic E-state index is -0.352. The molecular formula is C21H25FN6O. The Balaban J connectivity index is 1.38. The molecule has 0 atom stereocenters. The van der Waals surface area contributed by atoms with Crippen LogP contribution in [-0.4, -0.2) is 51.2 Å². The number of halogens is 1. The highest BCUT2D eigenvalue weighted by atomic mass is 19.1. The SMILES string of the molecule is Cc1cc(N2CCN(Cc3nc(-c4ccccc4F)no3)CC2)nc(C(C)C)n1. The van der Waals surface area contributed by atoms with E-state index in [1.165, 1.54) is 6.07 Å². The third kappa shape index (κ3) is 4.42. The van der Waals surface area contributed by atoms with Crippen LogP contribution >= 0.6 is 0 Å². The molecule has 0 bridgehead atoms. The molecule has 29 heavy (non-hydrogen) atoms. The molecule has 2 aromatic heterocycles. The summed E-state index contributed by atoms with van der Waals surface area (Å²) in [5.41, 5.74) is 1.35. The van der Waals surface area contributed by atoms with Crippen molar-refractivity contribution in [2.45, 2.75) is 33.2 Å². The quantitative estimate of drug-likeness (QED) is 0.654. The molecule has 0 spiro atoms. The summed E-state index contributed by atoms with van der Waals surface area (Å²) in [6, 6.07) is 8.48. The summed E-state index contributed by atoms with van der Waals surface area (Å²) in [7, 11) is 0. The van der Waals surface area contributed by atoms with Gasteiger partial charge in [-0.15, -0.1) is 0 Å². The number of aryl methyl sites for hydroxylation is 1. The van der Waals surface area contributed by atoms with Gasteiger partial charge in [0.05, 0.1) is 12.1 Å². The molecule has 1 saturated heterocycles. The summed E-state index contributed by atoms with van der Waals surface area (Å²) in [6.45, 7) is 10.2. The summed E-state index contributed by atoms with van der Waals surface area (Å²) in [4.78, 5) is 18.2. The fourth-order valence-corrected chi connectivity index (χ4v) is 3.39. The zero-order valence-corrected chi connectivity index (χ0v) is 17.0. The second-order valence-corrected chi connectivity index (χ2v) is 7.64. The van der Waals surface area contributed by atoms with E-state index in [1.807, 2.05) is 13.0 Å². The van der Waals surface area contributed by atoms with Crippen LogP contribution in [0, 0.1) is 12.7 Å². The van der Waals surface area contributed by atoms with Crippen molar-refractivity contribution in [2.75, 3.05) is 31.1 Å². The Kier molecular flexibility index (Phi) is 5.53. The number of piperazine rings is 1. The molecule has 3 heterocycles. The minimum absolute atomic E-state index is 0.286. The zero-order valence-electron chi connectivity index (χ0n) is 17.0. The highest BCUT2D eigenvalue weighted by Gasteiger charge is 2.22. The first-order valence-electron chi connectivity index (χ1n) is 9.90. The van der Waals surface area contributed by atoms with E-state index in [2.05, 4.69) is 38.8 Å². The lowest BCUT2D eigenvalue weighted by Gasteiger charge is -2.34. The smallest absolute Gasteiger partial charge is 0.241 e. The van der Waals surface area contributed by atoms with E-state index in [9.17, 15) is 4.39 Å². The first kappa shape index (κ1) is 19.4. The Labute approximate surface area is 169 Å². The molecule has 0 aliphatic carbocycles. The number of benzene rings is 1. The summed E-state index contributed by atoms with van der Waals surface area (Å²) >= 11 is 0. The molecule has 152 valence electrons. The van der Waals surface area contributed by atoms with Crippen LogP contribution in [0.1, 0.15) is 37.2 Å². The molecule has 1 aromatic carbocycles. The van der Waals surface area contributed by atoms with E-state index < -0.39 is 0 Å². The molecular weight excluding hydrogens is 371 g/mol. The molecule has 4 rings (SSSR count). The molecule has 0 unspecified atom stereocenters. The first-order valence-corrected chi connectivity index (χ1v) is 9.90. The van der Waals surface area contributed by atoms with E-state index in [4.69, 9.17) is 9.51 Å². The van der Waals surface area contributed by atoms with Gasteiger partial charge < -0.3 is 9.42 Å². The normalized spacial score (nSPS) is 15.3. The molecule has 1 fully saturated rings. The number of aromatic nitrogens is 4. The predicted molar refractivity (Wildman–Crippen MR) is 108 cm³/mol. The van der Waals surface area contributed by atoms with Crippen molar-refractivity contribution in [1.29, 1.82) is 0 Å². The van der Waals surface area contributed by atoms with Crippen molar-refractivity contribution < 1.29 is 8.91 Å². The van der Waals surface area contributed by atoms with Gasteiger partial charge in [-0.25, -0.2) is 14.4 Å². The van der Waals surface area contributed by atoms with E-state index in [1.54, 1.807) is 18.2 Å². The fourth-order valence-electron chi connectivity index (χ4n) is 3.39. The second-order valence-electron chi connectivity index (χ2n) is 7.64. The topological polar surface area (TPSA) is 71.2 Å². The summed E-state index contributed by atoms with van der Waals surface area (Å²) in [6.07, 6.45) is 0. The van der Waals surface area contributed by atoms with Crippen LogP contribution in [0.2, 0.25) is 0 Å². The molecule has 1 aliphatic rings. The van der Waals surface area contributed by atoms with Crippen LogP contribution < -0.4 is 4.90 Å².